The van der Waals surface area contributed by atoms with Gasteiger partial charge in [0.15, 0.2) is 0 Å². The zero-order valence-corrected chi connectivity index (χ0v) is 7.83. The zero-order chi connectivity index (χ0) is 9.47. The molecule has 2 fully saturated rings. The summed E-state index contributed by atoms with van der Waals surface area (Å²) in [6.07, 6.45) is 4.98. The largest absolute Gasteiger partial charge is 0.481 e. The second-order valence-electron chi connectivity index (χ2n) is 4.78. The lowest BCUT2D eigenvalue weighted by Gasteiger charge is -2.29. The van der Waals surface area contributed by atoms with Gasteiger partial charge in [-0.25, -0.2) is 0 Å². The van der Waals surface area contributed by atoms with Gasteiger partial charge in [0.2, 0.25) is 0 Å². The fourth-order valence-electron chi connectivity index (χ4n) is 3.08. The molecule has 2 saturated carbocycles. The van der Waals surface area contributed by atoms with E-state index in [1.807, 2.05) is 0 Å². The Hall–Kier alpha value is -0.570. The molecule has 0 bridgehead atoms. The van der Waals surface area contributed by atoms with Gasteiger partial charge in [-0.3, -0.25) is 4.79 Å². The van der Waals surface area contributed by atoms with Gasteiger partial charge in [0.05, 0.1) is 6.42 Å². The molecule has 3 N–H and O–H groups in total. The van der Waals surface area contributed by atoms with Crippen LogP contribution in [0.25, 0.3) is 0 Å². The Morgan fingerprint density at radius 3 is 2.23 bits per heavy atom. The van der Waals surface area contributed by atoms with Crippen molar-refractivity contribution in [2.75, 3.05) is 6.54 Å². The minimum absolute atomic E-state index is 0.0579. The summed E-state index contributed by atoms with van der Waals surface area (Å²) < 4.78 is 0. The van der Waals surface area contributed by atoms with Gasteiger partial charge in [-0.2, -0.15) is 0 Å². The zero-order valence-electron chi connectivity index (χ0n) is 7.83. The number of aliphatic carboxylic acids is 1. The number of fused-ring (bicyclic) bond motifs is 1. The molecule has 13 heavy (non-hydrogen) atoms. The topological polar surface area (TPSA) is 63.3 Å². The smallest absolute Gasteiger partial charge is 0.303 e. The summed E-state index contributed by atoms with van der Waals surface area (Å²) in [5.41, 5.74) is 5.65. The van der Waals surface area contributed by atoms with Gasteiger partial charge in [-0.1, -0.05) is 0 Å². The molecule has 3 atom stereocenters. The van der Waals surface area contributed by atoms with Crippen molar-refractivity contribution in [2.45, 2.75) is 32.1 Å². The summed E-state index contributed by atoms with van der Waals surface area (Å²) in [5, 5.41) is 8.81. The van der Waals surface area contributed by atoms with E-state index in [4.69, 9.17) is 10.8 Å². The summed E-state index contributed by atoms with van der Waals surface area (Å²) in [6, 6.07) is 0. The molecular weight excluding hydrogens is 166 g/mol. The van der Waals surface area contributed by atoms with E-state index in [1.165, 1.54) is 12.8 Å². The summed E-state index contributed by atoms with van der Waals surface area (Å²) >= 11 is 0. The average Bonchev–Trinajstić information content (AvgIpc) is 2.28. The summed E-state index contributed by atoms with van der Waals surface area (Å²) in [5.74, 6) is 0.901. The summed E-state index contributed by atoms with van der Waals surface area (Å²) in [7, 11) is 0. The molecule has 0 radical (unpaired) electrons. The van der Waals surface area contributed by atoms with E-state index in [0.717, 1.165) is 24.7 Å². The van der Waals surface area contributed by atoms with Gasteiger partial charge in [0, 0.05) is 0 Å². The number of carboxylic acids is 1. The Labute approximate surface area is 78.3 Å². The third-order valence-electron chi connectivity index (χ3n) is 3.92. The summed E-state index contributed by atoms with van der Waals surface area (Å²) in [6.45, 7) is 0.548. The van der Waals surface area contributed by atoms with Gasteiger partial charge in [0.25, 0.3) is 0 Å². The van der Waals surface area contributed by atoms with Gasteiger partial charge < -0.3 is 10.8 Å². The van der Waals surface area contributed by atoms with Crippen LogP contribution in [0.5, 0.6) is 0 Å². The second-order valence-corrected chi connectivity index (χ2v) is 4.78. The molecule has 3 nitrogen and oxygen atoms in total. The molecule has 0 aromatic heterocycles. The molecule has 0 aromatic rings. The first-order valence-electron chi connectivity index (χ1n) is 5.07. The number of nitrogens with two attached hydrogens (primary N) is 1. The van der Waals surface area contributed by atoms with Gasteiger partial charge in [0.1, 0.15) is 0 Å². The minimum Gasteiger partial charge on any atom is -0.481 e. The van der Waals surface area contributed by atoms with E-state index in [1.54, 1.807) is 0 Å². The van der Waals surface area contributed by atoms with Crippen molar-refractivity contribution >= 4 is 5.97 Å². The highest BCUT2D eigenvalue weighted by molar-refractivity contribution is 5.67. The van der Waals surface area contributed by atoms with Crippen LogP contribution in [0.15, 0.2) is 0 Å². The van der Waals surface area contributed by atoms with Gasteiger partial charge in [-0.15, -0.1) is 0 Å². The van der Waals surface area contributed by atoms with Crippen LogP contribution in [0.2, 0.25) is 0 Å². The van der Waals surface area contributed by atoms with Crippen molar-refractivity contribution < 1.29 is 9.90 Å². The number of hydrogen-bond acceptors (Lipinski definition) is 2. The maximum Gasteiger partial charge on any atom is 0.303 e. The molecule has 74 valence electrons. The van der Waals surface area contributed by atoms with E-state index in [9.17, 15) is 4.79 Å². The maximum absolute atomic E-state index is 10.7. The molecule has 2 rings (SSSR count). The van der Waals surface area contributed by atoms with Gasteiger partial charge >= 0.3 is 5.97 Å². The quantitative estimate of drug-likeness (QED) is 0.691. The predicted octanol–water partition coefficient (Wildman–Crippen LogP) is 1.23. The Balaban J connectivity index is 2.03. The SMILES string of the molecule is NC[C@]1(CC(=O)O)CC2CC[C@H]2C1. The molecule has 0 heterocycles. The highest BCUT2D eigenvalue weighted by Gasteiger charge is 2.49. The van der Waals surface area contributed by atoms with Crippen molar-refractivity contribution in [3.05, 3.63) is 0 Å². The Morgan fingerprint density at radius 1 is 1.38 bits per heavy atom. The Morgan fingerprint density at radius 2 is 1.92 bits per heavy atom. The second kappa shape index (κ2) is 2.98. The normalized spacial score (nSPS) is 42.5. The lowest BCUT2D eigenvalue weighted by molar-refractivity contribution is -0.139. The number of carboxylic acid groups (broad SMARTS) is 1. The molecule has 2 aliphatic carbocycles. The molecule has 0 saturated heterocycles. The van der Waals surface area contributed by atoms with Gasteiger partial charge in [-0.05, 0) is 49.5 Å². The number of rotatable bonds is 3. The molecule has 0 aromatic carbocycles. The van der Waals surface area contributed by atoms with Crippen LogP contribution in [0.1, 0.15) is 32.1 Å². The van der Waals surface area contributed by atoms with E-state index >= 15 is 0 Å². The van der Waals surface area contributed by atoms with E-state index in [2.05, 4.69) is 0 Å². The first-order valence-corrected chi connectivity index (χ1v) is 5.07. The Bertz CT molecular complexity index is 215. The van der Waals surface area contributed by atoms with Crippen LogP contribution < -0.4 is 5.73 Å². The standard InChI is InChI=1S/C10H17NO2/c11-6-10(5-9(12)13)3-7-1-2-8(7)4-10/h7-8H,1-6,11H2,(H,12,13)/t7-,8?,10-/m0/s1. The van der Waals surface area contributed by atoms with Crippen LogP contribution in [0.4, 0.5) is 0 Å². The fourth-order valence-corrected chi connectivity index (χ4v) is 3.08. The van der Waals surface area contributed by atoms with Crippen molar-refractivity contribution in [1.29, 1.82) is 0 Å². The number of hydrogen-bond donors (Lipinski definition) is 2. The molecule has 3 heteroatoms. The van der Waals surface area contributed by atoms with Crippen LogP contribution in [0, 0.1) is 17.3 Å². The molecule has 1 unspecified atom stereocenters. The molecule has 2 aliphatic rings. The fraction of sp³-hybridized carbons (Fsp3) is 0.900. The lowest BCUT2D eigenvalue weighted by atomic mass is 9.77. The van der Waals surface area contributed by atoms with E-state index < -0.39 is 5.97 Å². The average molecular weight is 183 g/mol. The monoisotopic (exact) mass is 183 g/mol. The van der Waals surface area contributed by atoms with Crippen molar-refractivity contribution in [2.24, 2.45) is 23.0 Å². The predicted molar refractivity (Wildman–Crippen MR) is 49.2 cm³/mol. The third kappa shape index (κ3) is 1.46. The van der Waals surface area contributed by atoms with Crippen LogP contribution in [0.3, 0.4) is 0 Å². The van der Waals surface area contributed by atoms with Crippen LogP contribution >= 0.6 is 0 Å². The van der Waals surface area contributed by atoms with E-state index in [-0.39, 0.29) is 11.8 Å². The Kier molecular flexibility index (Phi) is 2.06. The highest BCUT2D eigenvalue weighted by Crippen LogP contribution is 2.56. The van der Waals surface area contributed by atoms with Crippen molar-refractivity contribution in [3.8, 4) is 0 Å². The highest BCUT2D eigenvalue weighted by atomic mass is 16.4. The maximum atomic E-state index is 10.7. The van der Waals surface area contributed by atoms with Crippen molar-refractivity contribution in [1.82, 2.24) is 0 Å². The van der Waals surface area contributed by atoms with E-state index in [0.29, 0.717) is 6.54 Å². The first kappa shape index (κ1) is 9.00. The lowest BCUT2D eigenvalue weighted by Crippen LogP contribution is -2.30. The molecule has 0 spiro atoms. The first-order chi connectivity index (χ1) is 6.15. The third-order valence-corrected chi connectivity index (χ3v) is 3.92. The van der Waals surface area contributed by atoms with Crippen LogP contribution in [-0.4, -0.2) is 17.6 Å². The van der Waals surface area contributed by atoms with Crippen molar-refractivity contribution in [3.63, 3.8) is 0 Å². The molecule has 0 amide bonds. The number of carbonyl (C=O) groups is 1. The van der Waals surface area contributed by atoms with Crippen LogP contribution in [-0.2, 0) is 4.79 Å². The summed E-state index contributed by atoms with van der Waals surface area (Å²) in [4.78, 5) is 10.7. The molecular formula is C10H17NO2. The minimum atomic E-state index is -0.688. The molecule has 0 aliphatic heterocycles.